The summed E-state index contributed by atoms with van der Waals surface area (Å²) in [6.07, 6.45) is 7.38. The molecule has 0 amide bonds. The first-order chi connectivity index (χ1) is 13.2. The van der Waals surface area contributed by atoms with Gasteiger partial charge in [-0.15, -0.1) is 24.0 Å². The maximum absolute atomic E-state index is 4.64. The van der Waals surface area contributed by atoms with Crippen LogP contribution in [0.2, 0.25) is 0 Å². The molecule has 3 aromatic rings. The average Bonchev–Trinajstić information content (AvgIpc) is 3.35. The van der Waals surface area contributed by atoms with Gasteiger partial charge in [-0.3, -0.25) is 4.99 Å². The van der Waals surface area contributed by atoms with Gasteiger partial charge in [-0.05, 0) is 36.6 Å². The molecular weight excluding hydrogens is 529 g/mol. The Balaban J connectivity index is 0.00000225. The van der Waals surface area contributed by atoms with Gasteiger partial charge in [-0.2, -0.15) is 0 Å². The highest BCUT2D eigenvalue weighted by atomic mass is 127. The van der Waals surface area contributed by atoms with Gasteiger partial charge in [0.1, 0.15) is 5.65 Å². The topological polar surface area (TPSA) is 53.7 Å². The van der Waals surface area contributed by atoms with Gasteiger partial charge in [0.25, 0.3) is 0 Å². The average molecular weight is 554 g/mol. The van der Waals surface area contributed by atoms with Crippen LogP contribution >= 0.6 is 39.9 Å². The third-order valence-electron chi connectivity index (χ3n) is 5.20. The first-order valence-corrected chi connectivity index (χ1v) is 10.1. The van der Waals surface area contributed by atoms with Crippen molar-refractivity contribution in [2.75, 3.05) is 20.1 Å². The number of rotatable bonds is 6. The molecule has 0 spiro atoms. The predicted molar refractivity (Wildman–Crippen MR) is 129 cm³/mol. The molecule has 2 aromatic heterocycles. The number of benzene rings is 1. The Hall–Kier alpha value is -1.61. The lowest BCUT2D eigenvalue weighted by Crippen LogP contribution is -2.42. The number of hydrogen-bond donors (Lipinski definition) is 2. The molecule has 1 fully saturated rings. The van der Waals surface area contributed by atoms with Gasteiger partial charge in [-0.1, -0.05) is 40.2 Å². The number of fused-ring (bicyclic) bond motifs is 1. The van der Waals surface area contributed by atoms with Crippen LogP contribution in [-0.2, 0) is 11.8 Å². The second kappa shape index (κ2) is 9.26. The van der Waals surface area contributed by atoms with Crippen molar-refractivity contribution >= 4 is 51.5 Å². The maximum atomic E-state index is 4.64. The third kappa shape index (κ3) is 4.68. The summed E-state index contributed by atoms with van der Waals surface area (Å²) >= 11 is 3.70. The number of guanidine groups is 1. The number of pyridine rings is 1. The predicted octanol–water partition coefficient (Wildman–Crippen LogP) is 4.15. The minimum Gasteiger partial charge on any atom is -0.356 e. The van der Waals surface area contributed by atoms with E-state index in [1.807, 2.05) is 31.4 Å². The van der Waals surface area contributed by atoms with Crippen molar-refractivity contribution in [3.8, 4) is 0 Å². The minimum absolute atomic E-state index is 0. The van der Waals surface area contributed by atoms with E-state index in [1.165, 1.54) is 22.9 Å². The highest BCUT2D eigenvalue weighted by Gasteiger charge is 2.45. The quantitative estimate of drug-likeness (QED) is 0.274. The number of nitrogens with zero attached hydrogens (tertiary/aromatic N) is 3. The number of nitrogens with one attached hydrogen (secondary N) is 2. The Labute approximate surface area is 191 Å². The van der Waals surface area contributed by atoms with Crippen molar-refractivity contribution in [2.24, 2.45) is 4.99 Å². The summed E-state index contributed by atoms with van der Waals surface area (Å²) in [6, 6.07) is 14.6. The van der Waals surface area contributed by atoms with Crippen molar-refractivity contribution in [3.63, 3.8) is 0 Å². The fraction of sp³-hybridized carbons (Fsp3) is 0.333. The van der Waals surface area contributed by atoms with Crippen LogP contribution in [0.5, 0.6) is 0 Å². The van der Waals surface area contributed by atoms with Crippen molar-refractivity contribution in [2.45, 2.75) is 24.7 Å². The number of halogens is 2. The molecule has 0 unspecified atom stereocenters. The Morgan fingerprint density at radius 3 is 2.68 bits per heavy atom. The van der Waals surface area contributed by atoms with Crippen LogP contribution in [0.3, 0.4) is 0 Å². The zero-order valence-corrected chi connectivity index (χ0v) is 19.8. The van der Waals surface area contributed by atoms with Gasteiger partial charge >= 0.3 is 0 Å². The second-order valence-electron chi connectivity index (χ2n) is 7.06. The zero-order chi connectivity index (χ0) is 18.7. The summed E-state index contributed by atoms with van der Waals surface area (Å²) < 4.78 is 3.25. The normalized spacial score (nSPS) is 15.1. The molecule has 2 N–H and O–H groups in total. The fourth-order valence-electron chi connectivity index (χ4n) is 3.47. The molecule has 0 aliphatic heterocycles. The van der Waals surface area contributed by atoms with E-state index in [4.69, 9.17) is 0 Å². The summed E-state index contributed by atoms with van der Waals surface area (Å²) in [4.78, 5) is 9.00. The van der Waals surface area contributed by atoms with Crippen molar-refractivity contribution in [3.05, 3.63) is 70.6 Å². The summed E-state index contributed by atoms with van der Waals surface area (Å²) in [6.45, 7) is 1.69. The van der Waals surface area contributed by atoms with E-state index in [0.29, 0.717) is 0 Å². The van der Waals surface area contributed by atoms with Crippen molar-refractivity contribution < 1.29 is 0 Å². The van der Waals surface area contributed by atoms with Crippen LogP contribution in [0.15, 0.2) is 64.3 Å². The number of imidazole rings is 1. The Kier molecular flexibility index (Phi) is 6.98. The Morgan fingerprint density at radius 2 is 1.96 bits per heavy atom. The van der Waals surface area contributed by atoms with Gasteiger partial charge in [0.15, 0.2) is 5.96 Å². The highest BCUT2D eigenvalue weighted by Crippen LogP contribution is 2.49. The van der Waals surface area contributed by atoms with E-state index in [0.717, 1.165) is 36.8 Å². The van der Waals surface area contributed by atoms with Crippen LogP contribution < -0.4 is 10.6 Å². The minimum atomic E-state index is 0. The molecular formula is C21H25BrIN5. The molecule has 148 valence electrons. The van der Waals surface area contributed by atoms with E-state index in [-0.39, 0.29) is 29.4 Å². The standard InChI is InChI=1S/C21H24BrN5.HI/c1-23-20(24-12-9-16-14-27-13-5-4-8-19(27)26-16)25-15-21(10-11-21)17-6-2-3-7-18(17)22;/h2-8,13-14H,9-12,15H2,1H3,(H2,23,24,25);1H. The number of aromatic nitrogens is 2. The van der Waals surface area contributed by atoms with E-state index in [2.05, 4.69) is 71.4 Å². The Morgan fingerprint density at radius 1 is 1.18 bits per heavy atom. The van der Waals surface area contributed by atoms with Gasteiger partial charge in [-0.25, -0.2) is 4.98 Å². The molecule has 1 aliphatic rings. The molecule has 1 aliphatic carbocycles. The summed E-state index contributed by atoms with van der Waals surface area (Å²) in [5, 5.41) is 6.91. The van der Waals surface area contributed by atoms with Crippen molar-refractivity contribution in [1.29, 1.82) is 0 Å². The lowest BCUT2D eigenvalue weighted by atomic mass is 9.96. The van der Waals surface area contributed by atoms with Gasteiger partial charge in [0.05, 0.1) is 5.69 Å². The third-order valence-corrected chi connectivity index (χ3v) is 5.90. The maximum Gasteiger partial charge on any atom is 0.191 e. The lowest BCUT2D eigenvalue weighted by Gasteiger charge is -2.20. The second-order valence-corrected chi connectivity index (χ2v) is 7.92. The molecule has 0 atom stereocenters. The highest BCUT2D eigenvalue weighted by molar-refractivity contribution is 14.0. The van der Waals surface area contributed by atoms with E-state index >= 15 is 0 Å². The molecule has 4 rings (SSSR count). The summed E-state index contributed by atoms with van der Waals surface area (Å²) in [5.41, 5.74) is 3.67. The smallest absolute Gasteiger partial charge is 0.191 e. The van der Waals surface area contributed by atoms with E-state index in [9.17, 15) is 0 Å². The van der Waals surface area contributed by atoms with Crippen LogP contribution in [0.25, 0.3) is 5.65 Å². The molecule has 7 heteroatoms. The van der Waals surface area contributed by atoms with Crippen LogP contribution in [-0.4, -0.2) is 35.5 Å². The first kappa shape index (κ1) is 21.1. The fourth-order valence-corrected chi connectivity index (χ4v) is 4.18. The molecule has 2 heterocycles. The number of hydrogen-bond acceptors (Lipinski definition) is 2. The van der Waals surface area contributed by atoms with Crippen molar-refractivity contribution in [1.82, 2.24) is 20.0 Å². The van der Waals surface area contributed by atoms with Crippen LogP contribution in [0, 0.1) is 0 Å². The van der Waals surface area contributed by atoms with Crippen LogP contribution in [0.1, 0.15) is 24.1 Å². The van der Waals surface area contributed by atoms with Gasteiger partial charge in [0.2, 0.25) is 0 Å². The summed E-state index contributed by atoms with van der Waals surface area (Å²) in [5.74, 6) is 0.845. The molecule has 0 saturated heterocycles. The SMILES string of the molecule is CN=C(NCCc1cn2ccccc2n1)NCC1(c2ccccc2Br)CC1.I. The molecule has 28 heavy (non-hydrogen) atoms. The Bertz CT molecular complexity index is 931. The molecule has 1 aromatic carbocycles. The largest absolute Gasteiger partial charge is 0.356 e. The lowest BCUT2D eigenvalue weighted by molar-refractivity contribution is 0.642. The molecule has 0 bridgehead atoms. The van der Waals surface area contributed by atoms with E-state index < -0.39 is 0 Å². The van der Waals surface area contributed by atoms with E-state index in [1.54, 1.807) is 0 Å². The van der Waals surface area contributed by atoms with Gasteiger partial charge in [0, 0.05) is 48.8 Å². The first-order valence-electron chi connectivity index (χ1n) is 9.32. The molecule has 0 radical (unpaired) electrons. The number of aliphatic imine (C=N–C) groups is 1. The van der Waals surface area contributed by atoms with Crippen LogP contribution in [0.4, 0.5) is 0 Å². The summed E-state index contributed by atoms with van der Waals surface area (Å²) in [7, 11) is 1.82. The molecule has 5 nitrogen and oxygen atoms in total. The zero-order valence-electron chi connectivity index (χ0n) is 15.9. The van der Waals surface area contributed by atoms with Gasteiger partial charge < -0.3 is 15.0 Å². The molecule has 1 saturated carbocycles. The monoisotopic (exact) mass is 553 g/mol.